The summed E-state index contributed by atoms with van der Waals surface area (Å²) in [4.78, 5) is 11.1. The van der Waals surface area contributed by atoms with Crippen LogP contribution in [0.25, 0.3) is 0 Å². The van der Waals surface area contributed by atoms with Crippen LogP contribution in [0.15, 0.2) is 24.3 Å². The van der Waals surface area contributed by atoms with E-state index in [9.17, 15) is 8.53 Å². The number of nitrogens with one attached hydrogen (secondary N) is 1. The van der Waals surface area contributed by atoms with Crippen LogP contribution in [0.3, 0.4) is 0 Å². The van der Waals surface area contributed by atoms with Crippen LogP contribution in [0, 0.1) is 0 Å². The van der Waals surface area contributed by atoms with Gasteiger partial charge < -0.3 is 0 Å². The third-order valence-corrected chi connectivity index (χ3v) is 5.69. The van der Waals surface area contributed by atoms with Crippen LogP contribution in [0.5, 0.6) is 0 Å². The number of hydrogen-bond donors (Lipinski definition) is 2. The Morgan fingerprint density at radius 1 is 1.44 bits per heavy atom. The minimum atomic E-state index is -4.52. The molecule has 1 atom stereocenters. The normalized spacial score (nSPS) is 13.9. The van der Waals surface area contributed by atoms with Gasteiger partial charge >= 0.3 is 108 Å². The van der Waals surface area contributed by atoms with Crippen molar-refractivity contribution in [3.05, 3.63) is 24.3 Å². The standard InChI is InChI=1S/C11H16AsNO5/c1-3-8-17-12(15,18-16)10-6-4-5-7-11(10)13-9(2)14/h4-7,16H,3,8H2,1-2H3,(H,13,14). The summed E-state index contributed by atoms with van der Waals surface area (Å²) in [6.45, 7) is 3.38. The molecular formula is C11H16AsNO5. The zero-order valence-electron chi connectivity index (χ0n) is 10.3. The molecule has 0 spiro atoms. The van der Waals surface area contributed by atoms with Crippen LogP contribution in [0.1, 0.15) is 20.3 Å². The van der Waals surface area contributed by atoms with E-state index in [0.717, 1.165) is 0 Å². The van der Waals surface area contributed by atoms with Gasteiger partial charge in [-0.25, -0.2) is 0 Å². The van der Waals surface area contributed by atoms with Crippen molar-refractivity contribution in [2.24, 2.45) is 0 Å². The van der Waals surface area contributed by atoms with Crippen LogP contribution in [0.4, 0.5) is 5.69 Å². The molecule has 0 bridgehead atoms. The van der Waals surface area contributed by atoms with Crippen molar-refractivity contribution in [2.45, 2.75) is 20.3 Å². The summed E-state index contributed by atoms with van der Waals surface area (Å²) in [7, 11) is 0. The summed E-state index contributed by atoms with van der Waals surface area (Å²) in [5, 5.41) is 11.4. The van der Waals surface area contributed by atoms with Crippen molar-refractivity contribution in [1.82, 2.24) is 0 Å². The second-order valence-corrected chi connectivity index (χ2v) is 7.59. The Morgan fingerprint density at radius 2 is 2.11 bits per heavy atom. The molecule has 0 aromatic heterocycles. The fourth-order valence-corrected chi connectivity index (χ4v) is 4.28. The predicted molar refractivity (Wildman–Crippen MR) is 66.8 cm³/mol. The first-order valence-electron chi connectivity index (χ1n) is 5.48. The van der Waals surface area contributed by atoms with Gasteiger partial charge in [-0.05, 0) is 0 Å². The molecule has 0 aliphatic rings. The molecule has 0 aliphatic heterocycles. The van der Waals surface area contributed by atoms with E-state index in [1.807, 2.05) is 6.92 Å². The van der Waals surface area contributed by atoms with E-state index >= 15 is 0 Å². The van der Waals surface area contributed by atoms with Gasteiger partial charge in [0.1, 0.15) is 0 Å². The summed E-state index contributed by atoms with van der Waals surface area (Å²) >= 11 is -4.52. The van der Waals surface area contributed by atoms with E-state index in [2.05, 4.69) is 9.19 Å². The van der Waals surface area contributed by atoms with Crippen molar-refractivity contribution in [3.8, 4) is 0 Å². The van der Waals surface area contributed by atoms with Gasteiger partial charge in [0, 0.05) is 0 Å². The van der Waals surface area contributed by atoms with E-state index in [1.54, 1.807) is 18.2 Å². The Labute approximate surface area is 108 Å². The molecule has 1 amide bonds. The molecule has 100 valence electrons. The molecule has 1 aromatic carbocycles. The van der Waals surface area contributed by atoms with E-state index in [1.165, 1.54) is 13.0 Å². The zero-order chi connectivity index (χ0) is 13.6. The fourth-order valence-electron chi connectivity index (χ4n) is 1.36. The summed E-state index contributed by atoms with van der Waals surface area (Å²) in [6.07, 6.45) is 0.636. The van der Waals surface area contributed by atoms with Crippen LogP contribution in [0.2, 0.25) is 0 Å². The summed E-state index contributed by atoms with van der Waals surface area (Å²) in [5.74, 6) is -0.307. The molecule has 1 aromatic rings. The number of rotatable bonds is 6. The van der Waals surface area contributed by atoms with Gasteiger partial charge in [0.15, 0.2) is 0 Å². The van der Waals surface area contributed by atoms with Crippen LogP contribution >= 0.6 is 0 Å². The number of hydrogen-bond acceptors (Lipinski definition) is 5. The second-order valence-electron chi connectivity index (χ2n) is 3.61. The second kappa shape index (κ2) is 6.75. The van der Waals surface area contributed by atoms with E-state index in [0.29, 0.717) is 12.1 Å². The molecule has 0 fully saturated rings. The molecule has 0 aliphatic carbocycles. The quantitative estimate of drug-likeness (QED) is 0.467. The van der Waals surface area contributed by atoms with Gasteiger partial charge in [-0.1, -0.05) is 0 Å². The number of anilines is 1. The van der Waals surface area contributed by atoms with E-state index in [-0.39, 0.29) is 16.9 Å². The molecule has 0 radical (unpaired) electrons. The first kappa shape index (κ1) is 15.0. The third-order valence-electron chi connectivity index (χ3n) is 2.08. The third kappa shape index (κ3) is 3.71. The first-order valence-corrected chi connectivity index (χ1v) is 8.72. The molecular weight excluding hydrogens is 301 g/mol. The first-order chi connectivity index (χ1) is 8.53. The maximum absolute atomic E-state index is 12.4. The Hall–Kier alpha value is -1.07. The number of carbonyl (C=O) groups excluding carboxylic acids is 1. The predicted octanol–water partition coefficient (Wildman–Crippen LogP) is 1.14. The van der Waals surface area contributed by atoms with Crippen molar-refractivity contribution >= 4 is 30.1 Å². The van der Waals surface area contributed by atoms with Gasteiger partial charge in [-0.2, -0.15) is 0 Å². The molecule has 7 heteroatoms. The topological polar surface area (TPSA) is 84.9 Å². The Kier molecular flexibility index (Phi) is 5.62. The monoisotopic (exact) mass is 317 g/mol. The zero-order valence-corrected chi connectivity index (χ0v) is 12.1. The minimum absolute atomic E-state index is 0.182. The average Bonchev–Trinajstić information content (AvgIpc) is 2.36. The molecule has 18 heavy (non-hydrogen) atoms. The van der Waals surface area contributed by atoms with Gasteiger partial charge in [-0.15, -0.1) is 0 Å². The van der Waals surface area contributed by atoms with Gasteiger partial charge in [0.2, 0.25) is 0 Å². The number of benzene rings is 1. The van der Waals surface area contributed by atoms with Gasteiger partial charge in [-0.3, -0.25) is 0 Å². The SMILES string of the molecule is CCCO[As](=O)(OO)c1ccccc1NC(C)=O. The van der Waals surface area contributed by atoms with Crippen molar-refractivity contribution in [1.29, 1.82) is 0 Å². The van der Waals surface area contributed by atoms with E-state index < -0.39 is 14.2 Å². The molecule has 0 heterocycles. The van der Waals surface area contributed by atoms with Crippen LogP contribution in [-0.4, -0.2) is 31.9 Å². The van der Waals surface area contributed by atoms with Crippen LogP contribution < -0.4 is 9.67 Å². The molecule has 0 saturated heterocycles. The number of para-hydroxylation sites is 1. The maximum atomic E-state index is 12.4. The van der Waals surface area contributed by atoms with Gasteiger partial charge in [0.25, 0.3) is 0 Å². The van der Waals surface area contributed by atoms with Crippen LogP contribution in [-0.2, 0) is 16.1 Å². The molecule has 0 saturated carbocycles. The Balaban J connectivity index is 3.12. The molecule has 6 nitrogen and oxygen atoms in total. The summed E-state index contributed by atoms with van der Waals surface area (Å²) in [6, 6.07) is 6.37. The molecule has 1 rings (SSSR count). The summed E-state index contributed by atoms with van der Waals surface area (Å²) < 4.78 is 21.8. The molecule has 2 N–H and O–H groups in total. The molecule has 1 unspecified atom stereocenters. The van der Waals surface area contributed by atoms with Crippen molar-refractivity contribution in [3.63, 3.8) is 0 Å². The Morgan fingerprint density at radius 3 is 2.67 bits per heavy atom. The number of carbonyl (C=O) groups is 1. The van der Waals surface area contributed by atoms with E-state index in [4.69, 9.17) is 8.98 Å². The fraction of sp³-hybridized carbons (Fsp3) is 0.364. The van der Waals surface area contributed by atoms with Gasteiger partial charge in [0.05, 0.1) is 0 Å². The summed E-state index contributed by atoms with van der Waals surface area (Å²) in [5.41, 5.74) is 0.317. The average molecular weight is 317 g/mol. The number of amides is 1. The van der Waals surface area contributed by atoms with Crippen molar-refractivity contribution in [2.75, 3.05) is 11.9 Å². The Bertz CT molecular complexity index is 463. The van der Waals surface area contributed by atoms with Crippen molar-refractivity contribution < 1.29 is 21.4 Å².